The molecule has 0 saturated heterocycles. The Hall–Kier alpha value is -2.41. The third-order valence-electron chi connectivity index (χ3n) is 3.11. The third-order valence-corrected chi connectivity index (χ3v) is 4.49. The molecule has 0 saturated carbocycles. The van der Waals surface area contributed by atoms with Crippen LogP contribution in [-0.4, -0.2) is 21.0 Å². The lowest BCUT2D eigenvalue weighted by atomic mass is 10.1. The van der Waals surface area contributed by atoms with Crippen molar-refractivity contribution in [2.24, 2.45) is 0 Å². The molecule has 0 aliphatic carbocycles. The maximum atomic E-state index is 12.9. The zero-order valence-corrected chi connectivity index (χ0v) is 13.5. The van der Waals surface area contributed by atoms with E-state index in [9.17, 15) is 17.6 Å². The number of hydrogen-bond donors (Lipinski definition) is 1. The van der Waals surface area contributed by atoms with Gasteiger partial charge in [0.05, 0.1) is 22.8 Å². The lowest BCUT2D eigenvalue weighted by Gasteiger charge is -2.11. The number of halogens is 1. The third kappa shape index (κ3) is 4.07. The molecular formula is C16H16FNO4S. The fourth-order valence-electron chi connectivity index (χ4n) is 1.94. The number of carbonyl (C=O) groups is 1. The number of aryl methyl sites for hydroxylation is 1. The van der Waals surface area contributed by atoms with Crippen molar-refractivity contribution >= 4 is 21.7 Å². The average Bonchev–Trinajstić information content (AvgIpc) is 2.50. The predicted molar refractivity (Wildman–Crippen MR) is 84.3 cm³/mol. The van der Waals surface area contributed by atoms with Gasteiger partial charge in [0.15, 0.2) is 0 Å². The molecule has 122 valence electrons. The van der Waals surface area contributed by atoms with E-state index in [1.807, 2.05) is 0 Å². The van der Waals surface area contributed by atoms with Gasteiger partial charge in [0.25, 0.3) is 10.0 Å². The lowest BCUT2D eigenvalue weighted by molar-refractivity contribution is 0.0526. The van der Waals surface area contributed by atoms with E-state index < -0.39 is 21.8 Å². The number of anilines is 1. The molecule has 2 aromatic carbocycles. The van der Waals surface area contributed by atoms with Crippen LogP contribution in [0.25, 0.3) is 0 Å². The summed E-state index contributed by atoms with van der Waals surface area (Å²) >= 11 is 0. The predicted octanol–water partition coefficient (Wildman–Crippen LogP) is 3.11. The van der Waals surface area contributed by atoms with Gasteiger partial charge in [-0.1, -0.05) is 0 Å². The molecule has 0 spiro atoms. The molecule has 0 bridgehead atoms. The van der Waals surface area contributed by atoms with E-state index in [1.54, 1.807) is 19.9 Å². The van der Waals surface area contributed by atoms with E-state index in [1.165, 1.54) is 24.3 Å². The zero-order valence-electron chi connectivity index (χ0n) is 12.7. The highest BCUT2D eigenvalue weighted by molar-refractivity contribution is 7.92. The Morgan fingerprint density at radius 2 is 1.83 bits per heavy atom. The summed E-state index contributed by atoms with van der Waals surface area (Å²) in [6.07, 6.45) is 0. The molecule has 5 nitrogen and oxygen atoms in total. The Morgan fingerprint density at radius 1 is 1.17 bits per heavy atom. The molecule has 23 heavy (non-hydrogen) atoms. The number of esters is 1. The first-order valence-electron chi connectivity index (χ1n) is 6.89. The van der Waals surface area contributed by atoms with Gasteiger partial charge in [0.2, 0.25) is 0 Å². The van der Waals surface area contributed by atoms with Crippen molar-refractivity contribution < 1.29 is 22.3 Å². The van der Waals surface area contributed by atoms with Gasteiger partial charge >= 0.3 is 5.97 Å². The van der Waals surface area contributed by atoms with E-state index in [0.717, 1.165) is 12.1 Å². The number of carbonyl (C=O) groups excluding carboxylic acids is 1. The second-order valence-electron chi connectivity index (χ2n) is 4.81. The second-order valence-corrected chi connectivity index (χ2v) is 6.49. The maximum absolute atomic E-state index is 12.9. The van der Waals surface area contributed by atoms with Crippen LogP contribution in [0.2, 0.25) is 0 Å². The minimum absolute atomic E-state index is 0.0484. The van der Waals surface area contributed by atoms with E-state index in [4.69, 9.17) is 4.74 Å². The molecular weight excluding hydrogens is 321 g/mol. The SMILES string of the molecule is CCOC(=O)c1ccc(NS(=O)(=O)c2ccc(F)cc2)c(C)c1. The van der Waals surface area contributed by atoms with Gasteiger partial charge in [-0.15, -0.1) is 0 Å². The molecule has 0 aliphatic heterocycles. The molecule has 0 heterocycles. The molecule has 1 N–H and O–H groups in total. The number of benzene rings is 2. The van der Waals surface area contributed by atoms with Crippen LogP contribution in [0.3, 0.4) is 0 Å². The van der Waals surface area contributed by atoms with Crippen LogP contribution < -0.4 is 4.72 Å². The molecule has 0 fully saturated rings. The number of rotatable bonds is 5. The van der Waals surface area contributed by atoms with Crippen molar-refractivity contribution in [2.75, 3.05) is 11.3 Å². The fraction of sp³-hybridized carbons (Fsp3) is 0.188. The summed E-state index contributed by atoms with van der Waals surface area (Å²) in [6, 6.07) is 9.02. The average molecular weight is 337 g/mol. The Morgan fingerprint density at radius 3 is 2.39 bits per heavy atom. The second kappa shape index (κ2) is 6.78. The summed E-state index contributed by atoms with van der Waals surface area (Å²) in [5.74, 6) is -0.984. The van der Waals surface area contributed by atoms with Crippen molar-refractivity contribution in [1.29, 1.82) is 0 Å². The van der Waals surface area contributed by atoms with Gasteiger partial charge in [-0.2, -0.15) is 0 Å². The largest absolute Gasteiger partial charge is 0.462 e. The first kappa shape index (κ1) is 17.0. The van der Waals surface area contributed by atoms with Crippen LogP contribution in [0, 0.1) is 12.7 Å². The highest BCUT2D eigenvalue weighted by Gasteiger charge is 2.16. The highest BCUT2D eigenvalue weighted by atomic mass is 32.2. The molecule has 2 rings (SSSR count). The van der Waals surface area contributed by atoms with Gasteiger partial charge in [-0.25, -0.2) is 17.6 Å². The monoisotopic (exact) mass is 337 g/mol. The van der Waals surface area contributed by atoms with Crippen molar-refractivity contribution in [3.8, 4) is 0 Å². The summed E-state index contributed by atoms with van der Waals surface area (Å²) in [4.78, 5) is 11.6. The van der Waals surface area contributed by atoms with Crippen molar-refractivity contribution in [2.45, 2.75) is 18.7 Å². The first-order chi connectivity index (χ1) is 10.8. The van der Waals surface area contributed by atoms with Gasteiger partial charge in [-0.05, 0) is 61.9 Å². The molecule has 0 aliphatic rings. The maximum Gasteiger partial charge on any atom is 0.338 e. The van der Waals surface area contributed by atoms with Gasteiger partial charge < -0.3 is 4.74 Å². The van der Waals surface area contributed by atoms with E-state index >= 15 is 0 Å². The summed E-state index contributed by atoms with van der Waals surface area (Å²) in [6.45, 7) is 3.64. The standard InChI is InChI=1S/C16H16FNO4S/c1-3-22-16(19)12-4-9-15(11(2)10-12)18-23(20,21)14-7-5-13(17)6-8-14/h4-10,18H,3H2,1-2H3. The number of sulfonamides is 1. The van der Waals surface area contributed by atoms with Gasteiger partial charge in [0, 0.05) is 0 Å². The van der Waals surface area contributed by atoms with Crippen LogP contribution >= 0.6 is 0 Å². The first-order valence-corrected chi connectivity index (χ1v) is 8.38. The quantitative estimate of drug-likeness (QED) is 0.851. The Balaban J connectivity index is 2.26. The lowest BCUT2D eigenvalue weighted by Crippen LogP contribution is -2.14. The van der Waals surface area contributed by atoms with E-state index in [0.29, 0.717) is 16.8 Å². The minimum atomic E-state index is -3.83. The van der Waals surface area contributed by atoms with Crippen LogP contribution in [0.4, 0.5) is 10.1 Å². The van der Waals surface area contributed by atoms with Gasteiger partial charge in [0.1, 0.15) is 5.82 Å². The van der Waals surface area contributed by atoms with Crippen molar-refractivity contribution in [3.05, 3.63) is 59.4 Å². The number of nitrogens with one attached hydrogen (secondary N) is 1. The normalized spacial score (nSPS) is 11.1. The molecule has 0 radical (unpaired) electrons. The van der Waals surface area contributed by atoms with E-state index in [2.05, 4.69) is 4.72 Å². The molecule has 0 aromatic heterocycles. The van der Waals surface area contributed by atoms with E-state index in [-0.39, 0.29) is 11.5 Å². The summed E-state index contributed by atoms with van der Waals surface area (Å²) in [5.41, 5.74) is 1.25. The smallest absolute Gasteiger partial charge is 0.338 e. The minimum Gasteiger partial charge on any atom is -0.462 e. The summed E-state index contributed by atoms with van der Waals surface area (Å²) in [7, 11) is -3.83. The molecule has 0 unspecified atom stereocenters. The van der Waals surface area contributed by atoms with Gasteiger partial charge in [-0.3, -0.25) is 4.72 Å². The zero-order chi connectivity index (χ0) is 17.0. The highest BCUT2D eigenvalue weighted by Crippen LogP contribution is 2.21. The van der Waals surface area contributed by atoms with Crippen LogP contribution in [0.5, 0.6) is 0 Å². The van der Waals surface area contributed by atoms with Crippen LogP contribution in [-0.2, 0) is 14.8 Å². The molecule has 2 aromatic rings. The Bertz CT molecular complexity index is 816. The summed E-state index contributed by atoms with van der Waals surface area (Å²) in [5, 5.41) is 0. The summed E-state index contributed by atoms with van der Waals surface area (Å²) < 4.78 is 44.7. The van der Waals surface area contributed by atoms with Crippen LogP contribution in [0.15, 0.2) is 47.4 Å². The molecule has 0 atom stereocenters. The van der Waals surface area contributed by atoms with Crippen LogP contribution in [0.1, 0.15) is 22.8 Å². The Kier molecular flexibility index (Phi) is 5.00. The molecule has 0 amide bonds. The van der Waals surface area contributed by atoms with Crippen molar-refractivity contribution in [1.82, 2.24) is 0 Å². The fourth-order valence-corrected chi connectivity index (χ4v) is 3.07. The topological polar surface area (TPSA) is 72.5 Å². The Labute approximate surface area is 134 Å². The molecule has 7 heteroatoms. The van der Waals surface area contributed by atoms with Crippen molar-refractivity contribution in [3.63, 3.8) is 0 Å². The number of ether oxygens (including phenoxy) is 1. The number of hydrogen-bond acceptors (Lipinski definition) is 4.